The number of amides is 2. The first kappa shape index (κ1) is 19.9. The molecule has 6 nitrogen and oxygen atoms in total. The normalized spacial score (nSPS) is 17.6. The highest BCUT2D eigenvalue weighted by atomic mass is 35.5. The molecular weight excluding hydrogens is 409 g/mol. The molecule has 0 saturated carbocycles. The van der Waals surface area contributed by atoms with Gasteiger partial charge in [0.05, 0.1) is 11.4 Å². The van der Waals surface area contributed by atoms with Gasteiger partial charge in [0.2, 0.25) is 0 Å². The molecule has 30 heavy (non-hydrogen) atoms. The van der Waals surface area contributed by atoms with E-state index < -0.39 is 17.3 Å². The molecule has 1 unspecified atom stereocenters. The van der Waals surface area contributed by atoms with Crippen LogP contribution in [-0.2, 0) is 10.3 Å². The monoisotopic (exact) mass is 425 g/mol. The van der Waals surface area contributed by atoms with Crippen molar-refractivity contribution in [3.8, 4) is 0 Å². The number of carbonyl (C=O) groups is 2. The maximum Gasteiger partial charge on any atom is 0.274 e. The van der Waals surface area contributed by atoms with E-state index in [2.05, 4.69) is 5.32 Å². The van der Waals surface area contributed by atoms with Crippen molar-refractivity contribution < 1.29 is 19.2 Å². The number of benzene rings is 3. The minimum absolute atomic E-state index is 0.248. The summed E-state index contributed by atoms with van der Waals surface area (Å²) in [5.74, 6) is -1.41. The van der Waals surface area contributed by atoms with Crippen LogP contribution in [0.15, 0.2) is 66.7 Å². The summed E-state index contributed by atoms with van der Waals surface area (Å²) in [6, 6.07) is 17.3. The molecule has 0 fully saturated rings. The molecule has 1 heterocycles. The molecule has 3 aromatic carbocycles. The number of anilines is 3. The number of hydroxylamine groups is 1. The molecule has 3 aromatic rings. The van der Waals surface area contributed by atoms with Gasteiger partial charge in [0, 0.05) is 21.8 Å². The number of hydrogen-bond acceptors (Lipinski definition) is 4. The zero-order valence-corrected chi connectivity index (χ0v) is 16.6. The number of nitrogens with zero attached hydrogens (tertiary/aromatic N) is 1. The average molecular weight is 426 g/mol. The van der Waals surface area contributed by atoms with Crippen LogP contribution >= 0.6 is 11.6 Å². The van der Waals surface area contributed by atoms with Crippen molar-refractivity contribution in [3.63, 3.8) is 0 Å². The molecule has 1 aliphatic rings. The number of carbonyl (C=O) groups excluding carboxylic acids is 2. The molecule has 2 amide bonds. The second-order valence-corrected chi connectivity index (χ2v) is 7.49. The second-order valence-electron chi connectivity index (χ2n) is 7.05. The quantitative estimate of drug-likeness (QED) is 0.421. The first-order chi connectivity index (χ1) is 14.3. The van der Waals surface area contributed by atoms with E-state index in [0.717, 1.165) is 0 Å². The molecule has 152 valence electrons. The van der Waals surface area contributed by atoms with E-state index in [1.807, 2.05) is 0 Å². The van der Waals surface area contributed by atoms with Gasteiger partial charge in [0.15, 0.2) is 0 Å². The van der Waals surface area contributed by atoms with Crippen LogP contribution in [0, 0.1) is 5.82 Å². The largest absolute Gasteiger partial charge is 0.368 e. The van der Waals surface area contributed by atoms with Crippen LogP contribution in [0.2, 0.25) is 5.02 Å². The lowest BCUT2D eigenvalue weighted by Crippen LogP contribution is -2.42. The Kier molecular flexibility index (Phi) is 4.93. The van der Waals surface area contributed by atoms with Gasteiger partial charge in [-0.25, -0.2) is 9.87 Å². The molecule has 8 heteroatoms. The molecule has 0 saturated heterocycles. The van der Waals surface area contributed by atoms with Crippen LogP contribution in [-0.4, -0.2) is 17.0 Å². The number of hydrogen-bond donors (Lipinski definition) is 3. The fraction of sp³-hybridized carbons (Fsp3) is 0.0909. The summed E-state index contributed by atoms with van der Waals surface area (Å²) in [6.45, 7) is 1.67. The fourth-order valence-electron chi connectivity index (χ4n) is 3.60. The number of nitrogens with one attached hydrogen (secondary N) is 2. The third kappa shape index (κ3) is 3.28. The second kappa shape index (κ2) is 7.44. The molecule has 1 aliphatic heterocycles. The lowest BCUT2D eigenvalue weighted by molar-refractivity contribution is -0.121. The van der Waals surface area contributed by atoms with Crippen molar-refractivity contribution in [1.82, 2.24) is 5.48 Å². The highest BCUT2D eigenvalue weighted by molar-refractivity contribution is 6.31. The Morgan fingerprint density at radius 2 is 1.83 bits per heavy atom. The Bertz CT molecular complexity index is 1150. The Morgan fingerprint density at radius 1 is 1.10 bits per heavy atom. The summed E-state index contributed by atoms with van der Waals surface area (Å²) in [6.07, 6.45) is 0. The number of fused-ring (bicyclic) bond motifs is 1. The third-order valence-electron chi connectivity index (χ3n) is 5.08. The van der Waals surface area contributed by atoms with Gasteiger partial charge in [-0.1, -0.05) is 17.7 Å². The highest BCUT2D eigenvalue weighted by Crippen LogP contribution is 2.46. The Morgan fingerprint density at radius 3 is 2.50 bits per heavy atom. The van der Waals surface area contributed by atoms with Gasteiger partial charge in [-0.3, -0.25) is 19.7 Å². The van der Waals surface area contributed by atoms with E-state index in [4.69, 9.17) is 16.8 Å². The molecule has 4 rings (SSSR count). The van der Waals surface area contributed by atoms with Gasteiger partial charge in [-0.2, -0.15) is 0 Å². The first-order valence-corrected chi connectivity index (χ1v) is 9.44. The Labute approximate surface area is 176 Å². The van der Waals surface area contributed by atoms with Crippen LogP contribution in [0.3, 0.4) is 0 Å². The van der Waals surface area contributed by atoms with E-state index in [-0.39, 0.29) is 11.5 Å². The van der Waals surface area contributed by atoms with Gasteiger partial charge in [0.1, 0.15) is 11.4 Å². The van der Waals surface area contributed by atoms with E-state index >= 15 is 0 Å². The molecule has 1 atom stereocenters. The smallest absolute Gasteiger partial charge is 0.274 e. The zero-order chi connectivity index (χ0) is 21.5. The van der Waals surface area contributed by atoms with Crippen LogP contribution < -0.4 is 15.7 Å². The minimum atomic E-state index is -1.26. The molecule has 0 aromatic heterocycles. The van der Waals surface area contributed by atoms with E-state index in [1.165, 1.54) is 29.2 Å². The van der Waals surface area contributed by atoms with Crippen molar-refractivity contribution in [1.29, 1.82) is 0 Å². The topological polar surface area (TPSA) is 81.7 Å². The molecule has 3 N–H and O–H groups in total. The molecule has 0 spiro atoms. The maximum absolute atomic E-state index is 14.1. The lowest BCUT2D eigenvalue weighted by atomic mass is 9.93. The Hall–Kier alpha value is -3.42. The fourth-order valence-corrected chi connectivity index (χ4v) is 3.79. The Balaban J connectivity index is 1.76. The summed E-state index contributed by atoms with van der Waals surface area (Å²) in [5.41, 5.74) is 2.69. The third-order valence-corrected chi connectivity index (χ3v) is 5.31. The van der Waals surface area contributed by atoms with Crippen LogP contribution in [0.4, 0.5) is 21.5 Å². The van der Waals surface area contributed by atoms with Gasteiger partial charge in [-0.05, 0) is 67.6 Å². The summed E-state index contributed by atoms with van der Waals surface area (Å²) in [7, 11) is 0. The van der Waals surface area contributed by atoms with E-state index in [9.17, 15) is 14.0 Å². The minimum Gasteiger partial charge on any atom is -0.368 e. The number of rotatable bonds is 4. The summed E-state index contributed by atoms with van der Waals surface area (Å²) in [4.78, 5) is 26.6. The zero-order valence-electron chi connectivity index (χ0n) is 15.8. The molecule has 0 bridgehead atoms. The van der Waals surface area contributed by atoms with Crippen molar-refractivity contribution >= 4 is 40.5 Å². The van der Waals surface area contributed by atoms with Crippen molar-refractivity contribution in [2.45, 2.75) is 12.5 Å². The maximum atomic E-state index is 14.1. The van der Waals surface area contributed by atoms with Crippen molar-refractivity contribution in [3.05, 3.63) is 88.7 Å². The van der Waals surface area contributed by atoms with Crippen LogP contribution in [0.1, 0.15) is 22.8 Å². The predicted octanol–water partition coefficient (Wildman–Crippen LogP) is 4.60. The standard InChI is InChI=1S/C22H17ClFN3O3/c1-22(25-16-8-5-13(6-9-16)20(28)26-30)18-12-15(24)7-10-19(18)27(21(22)29)17-4-2-3-14(23)11-17/h2-12,25,30H,1H3,(H,26,28). The van der Waals surface area contributed by atoms with Gasteiger partial charge >= 0.3 is 0 Å². The van der Waals surface area contributed by atoms with Gasteiger partial charge in [0.25, 0.3) is 11.8 Å². The summed E-state index contributed by atoms with van der Waals surface area (Å²) in [5, 5.41) is 12.4. The van der Waals surface area contributed by atoms with Gasteiger partial charge in [-0.15, -0.1) is 0 Å². The predicted molar refractivity (Wildman–Crippen MR) is 112 cm³/mol. The average Bonchev–Trinajstić information content (AvgIpc) is 2.95. The van der Waals surface area contributed by atoms with E-state index in [0.29, 0.717) is 27.6 Å². The first-order valence-electron chi connectivity index (χ1n) is 9.06. The summed E-state index contributed by atoms with van der Waals surface area (Å²) >= 11 is 6.11. The van der Waals surface area contributed by atoms with Crippen LogP contribution in [0.25, 0.3) is 0 Å². The highest BCUT2D eigenvalue weighted by Gasteiger charge is 2.48. The van der Waals surface area contributed by atoms with Gasteiger partial charge < -0.3 is 5.32 Å². The van der Waals surface area contributed by atoms with E-state index in [1.54, 1.807) is 54.9 Å². The van der Waals surface area contributed by atoms with Crippen molar-refractivity contribution in [2.75, 3.05) is 10.2 Å². The van der Waals surface area contributed by atoms with Crippen LogP contribution in [0.5, 0.6) is 0 Å². The summed E-state index contributed by atoms with van der Waals surface area (Å²) < 4.78 is 14.1. The molecule has 0 aliphatic carbocycles. The lowest BCUT2D eigenvalue weighted by Gasteiger charge is -2.27. The molecule has 0 radical (unpaired) electrons. The molecular formula is C22H17ClFN3O3. The number of halogens is 2. The SMILES string of the molecule is CC1(Nc2ccc(C(=O)NO)cc2)C(=O)N(c2cccc(Cl)c2)c2ccc(F)cc21. The van der Waals surface area contributed by atoms with Crippen molar-refractivity contribution in [2.24, 2.45) is 0 Å².